The third kappa shape index (κ3) is 4.05. The molecule has 8 nitrogen and oxygen atoms in total. The van der Waals surface area contributed by atoms with Gasteiger partial charge in [0.2, 0.25) is 5.91 Å². The molecule has 1 amide bonds. The topological polar surface area (TPSA) is 83.8 Å². The maximum Gasteiger partial charge on any atom is 0.220 e. The highest BCUT2D eigenvalue weighted by Gasteiger charge is 2.28. The van der Waals surface area contributed by atoms with Crippen molar-refractivity contribution >= 4 is 28.7 Å². The molecule has 3 aromatic heterocycles. The van der Waals surface area contributed by atoms with Crippen molar-refractivity contribution in [2.75, 3.05) is 37.6 Å². The summed E-state index contributed by atoms with van der Waals surface area (Å²) < 4.78 is 8.03. The molecule has 3 aromatic rings. The average Bonchev–Trinajstić information content (AvgIpc) is 3.40. The highest BCUT2D eigenvalue weighted by atomic mass is 35.5. The first kappa shape index (κ1) is 20.1. The number of hydrogen-bond acceptors (Lipinski definition) is 6. The number of ether oxygens (including phenoxy) is 1. The minimum atomic E-state index is -0.146. The van der Waals surface area contributed by atoms with Crippen LogP contribution in [0, 0.1) is 5.92 Å². The van der Waals surface area contributed by atoms with Crippen LogP contribution in [0.15, 0.2) is 36.8 Å². The van der Waals surface area contributed by atoms with Crippen molar-refractivity contribution in [3.63, 3.8) is 0 Å². The maximum atomic E-state index is 11.6. The van der Waals surface area contributed by atoms with E-state index in [9.17, 15) is 4.79 Å². The van der Waals surface area contributed by atoms with Crippen molar-refractivity contribution in [3.05, 3.63) is 41.8 Å². The Balaban J connectivity index is 1.44. The van der Waals surface area contributed by atoms with Gasteiger partial charge in [0.05, 0.1) is 28.8 Å². The average molecular weight is 441 g/mol. The van der Waals surface area contributed by atoms with Gasteiger partial charge in [0, 0.05) is 56.8 Å². The second kappa shape index (κ2) is 8.36. The number of pyridine rings is 2. The molecule has 2 aliphatic rings. The second-order valence-corrected chi connectivity index (χ2v) is 8.52. The molecule has 0 bridgehead atoms. The van der Waals surface area contributed by atoms with Gasteiger partial charge in [-0.1, -0.05) is 11.6 Å². The Kier molecular flexibility index (Phi) is 5.41. The van der Waals surface area contributed by atoms with Crippen LogP contribution in [0.25, 0.3) is 16.8 Å². The predicted octanol–water partition coefficient (Wildman–Crippen LogP) is 2.36. The summed E-state index contributed by atoms with van der Waals surface area (Å²) in [6, 6.07) is 6.08. The van der Waals surface area contributed by atoms with Crippen LogP contribution in [0.2, 0.25) is 5.02 Å². The summed E-state index contributed by atoms with van der Waals surface area (Å²) in [7, 11) is 0. The molecule has 162 valence electrons. The van der Waals surface area contributed by atoms with E-state index in [4.69, 9.17) is 21.3 Å². The molecular weight excluding hydrogens is 416 g/mol. The summed E-state index contributed by atoms with van der Waals surface area (Å²) in [4.78, 5) is 18.6. The summed E-state index contributed by atoms with van der Waals surface area (Å²) in [5.41, 5.74) is 3.56. The summed E-state index contributed by atoms with van der Waals surface area (Å²) in [5.74, 6) is 0.824. The Morgan fingerprint density at radius 2 is 2.10 bits per heavy atom. The molecule has 9 heteroatoms. The predicted molar refractivity (Wildman–Crippen MR) is 120 cm³/mol. The maximum absolute atomic E-state index is 11.6. The number of fused-ring (bicyclic) bond motifs is 1. The van der Waals surface area contributed by atoms with E-state index in [1.54, 1.807) is 10.7 Å². The lowest BCUT2D eigenvalue weighted by Gasteiger charge is -2.29. The normalized spacial score (nSPS) is 20.1. The van der Waals surface area contributed by atoms with Crippen LogP contribution in [0.5, 0.6) is 5.75 Å². The van der Waals surface area contributed by atoms with Gasteiger partial charge in [0.25, 0.3) is 0 Å². The van der Waals surface area contributed by atoms with Crippen molar-refractivity contribution in [1.29, 1.82) is 0 Å². The van der Waals surface area contributed by atoms with Crippen molar-refractivity contribution in [2.24, 2.45) is 5.92 Å². The first-order valence-corrected chi connectivity index (χ1v) is 11.0. The molecule has 2 N–H and O–H groups in total. The van der Waals surface area contributed by atoms with E-state index in [2.05, 4.69) is 26.7 Å². The van der Waals surface area contributed by atoms with Gasteiger partial charge in [-0.2, -0.15) is 5.10 Å². The number of nitrogens with one attached hydrogen (secondary N) is 2. The fourth-order valence-corrected chi connectivity index (χ4v) is 4.42. The van der Waals surface area contributed by atoms with E-state index in [1.807, 2.05) is 31.5 Å². The van der Waals surface area contributed by atoms with E-state index < -0.39 is 0 Å². The Hall–Kier alpha value is -2.84. The lowest BCUT2D eigenvalue weighted by atomic mass is 10.0. The number of rotatable bonds is 5. The van der Waals surface area contributed by atoms with E-state index in [0.717, 1.165) is 43.1 Å². The van der Waals surface area contributed by atoms with E-state index >= 15 is 0 Å². The molecule has 2 fully saturated rings. The van der Waals surface area contributed by atoms with Crippen molar-refractivity contribution < 1.29 is 9.53 Å². The van der Waals surface area contributed by atoms with Crippen LogP contribution in [-0.2, 0) is 4.79 Å². The summed E-state index contributed by atoms with van der Waals surface area (Å²) >= 11 is 6.39. The molecule has 2 saturated heterocycles. The van der Waals surface area contributed by atoms with Gasteiger partial charge >= 0.3 is 0 Å². The van der Waals surface area contributed by atoms with Crippen molar-refractivity contribution in [1.82, 2.24) is 25.2 Å². The fourth-order valence-electron chi connectivity index (χ4n) is 4.20. The Morgan fingerprint density at radius 3 is 2.81 bits per heavy atom. The first-order valence-electron chi connectivity index (χ1n) is 10.6. The number of aromatic nitrogens is 3. The molecule has 2 aliphatic heterocycles. The van der Waals surface area contributed by atoms with E-state index in [-0.39, 0.29) is 17.9 Å². The van der Waals surface area contributed by atoms with Gasteiger partial charge in [-0.05, 0) is 25.1 Å². The number of anilines is 1. The number of carbonyl (C=O) groups excluding carboxylic acids is 1. The van der Waals surface area contributed by atoms with Gasteiger partial charge < -0.3 is 20.3 Å². The summed E-state index contributed by atoms with van der Waals surface area (Å²) in [5, 5.41) is 11.1. The Labute approximate surface area is 185 Å². The Bertz CT molecular complexity index is 1090. The zero-order chi connectivity index (χ0) is 21.4. The molecule has 0 saturated carbocycles. The Morgan fingerprint density at radius 1 is 1.26 bits per heavy atom. The fraction of sp³-hybridized carbons (Fsp3) is 0.409. The molecule has 0 aromatic carbocycles. The highest BCUT2D eigenvalue weighted by Crippen LogP contribution is 2.33. The molecule has 2 atom stereocenters. The lowest BCUT2D eigenvalue weighted by Crippen LogP contribution is -2.43. The quantitative estimate of drug-likeness (QED) is 0.633. The number of carbonyl (C=O) groups is 1. The van der Waals surface area contributed by atoms with Gasteiger partial charge in [-0.3, -0.25) is 9.78 Å². The van der Waals surface area contributed by atoms with Crippen LogP contribution in [-0.4, -0.2) is 59.3 Å². The highest BCUT2D eigenvalue weighted by molar-refractivity contribution is 6.34. The third-order valence-electron chi connectivity index (χ3n) is 6.04. The van der Waals surface area contributed by atoms with E-state index in [1.165, 1.54) is 0 Å². The van der Waals surface area contributed by atoms with Gasteiger partial charge in [0.15, 0.2) is 0 Å². The van der Waals surface area contributed by atoms with Crippen molar-refractivity contribution in [2.45, 2.75) is 19.4 Å². The molecule has 5 rings (SSSR count). The summed E-state index contributed by atoms with van der Waals surface area (Å²) in [6.07, 6.45) is 5.76. The van der Waals surface area contributed by atoms with E-state index in [0.29, 0.717) is 29.3 Å². The van der Waals surface area contributed by atoms with Crippen LogP contribution >= 0.6 is 11.6 Å². The number of hydrogen-bond donors (Lipinski definition) is 2. The molecule has 0 aliphatic carbocycles. The van der Waals surface area contributed by atoms with Gasteiger partial charge in [-0.25, -0.2) is 4.52 Å². The molecule has 0 unspecified atom stereocenters. The minimum absolute atomic E-state index is 0.0653. The number of piperazine rings is 1. The largest absolute Gasteiger partial charge is 0.488 e. The third-order valence-corrected chi connectivity index (χ3v) is 6.32. The minimum Gasteiger partial charge on any atom is -0.488 e. The van der Waals surface area contributed by atoms with Crippen LogP contribution in [0.3, 0.4) is 0 Å². The number of nitrogens with zero attached hydrogens (tertiary/aromatic N) is 4. The first-order chi connectivity index (χ1) is 15.1. The summed E-state index contributed by atoms with van der Waals surface area (Å²) in [6.45, 7) is 6.54. The van der Waals surface area contributed by atoms with Gasteiger partial charge in [-0.15, -0.1) is 0 Å². The molecule has 5 heterocycles. The van der Waals surface area contributed by atoms with Crippen LogP contribution < -0.4 is 20.3 Å². The van der Waals surface area contributed by atoms with Crippen LogP contribution in [0.4, 0.5) is 5.69 Å². The zero-order valence-corrected chi connectivity index (χ0v) is 18.1. The smallest absolute Gasteiger partial charge is 0.220 e. The zero-order valence-electron chi connectivity index (χ0n) is 17.3. The van der Waals surface area contributed by atoms with Crippen LogP contribution in [0.1, 0.15) is 13.3 Å². The van der Waals surface area contributed by atoms with Crippen molar-refractivity contribution in [3.8, 4) is 17.0 Å². The van der Waals surface area contributed by atoms with Gasteiger partial charge in [0.1, 0.15) is 17.4 Å². The lowest BCUT2D eigenvalue weighted by molar-refractivity contribution is -0.119. The molecule has 31 heavy (non-hydrogen) atoms. The molecule has 0 radical (unpaired) electrons. The number of halogens is 1. The standard InChI is InChI=1S/C22H25ClN6O2/c1-14(15-9-21(30)26-10-15)31-20-8-16(13-29-22(20)18(23)12-27-29)19-3-2-17(11-25-19)28-6-4-24-5-7-28/h2-3,8,11-15,24H,4-7,9-10H2,1H3,(H,26,30)/t14-,15-/m1/s1. The molecule has 0 spiro atoms. The SMILES string of the molecule is C[C@@H](Oc1cc(-c2ccc(N3CCNCC3)cn2)cn2ncc(Cl)c12)[C@H]1CNC(=O)C1. The monoisotopic (exact) mass is 440 g/mol. The molecular formula is C22H25ClN6O2. The second-order valence-electron chi connectivity index (χ2n) is 8.11. The number of amides is 1.